The van der Waals surface area contributed by atoms with Gasteiger partial charge < -0.3 is 4.57 Å². The van der Waals surface area contributed by atoms with E-state index in [0.29, 0.717) is 5.92 Å². The molecule has 0 amide bonds. The van der Waals surface area contributed by atoms with Crippen LogP contribution in [-0.4, -0.2) is 4.57 Å². The van der Waals surface area contributed by atoms with Crippen LogP contribution in [0.1, 0.15) is 12.6 Å². The molecule has 1 heteroatoms. The third-order valence-electron chi connectivity index (χ3n) is 1.94. The minimum Gasteiger partial charge on any atom is -0.347 e. The van der Waals surface area contributed by atoms with Crippen LogP contribution < -0.4 is 0 Å². The molecule has 1 nitrogen and oxygen atoms in total. The normalized spacial score (nSPS) is 22.7. The Kier molecular flexibility index (Phi) is 1.16. The second-order valence-corrected chi connectivity index (χ2v) is 2.92. The van der Waals surface area contributed by atoms with E-state index in [1.807, 2.05) is 0 Å². The zero-order valence-corrected chi connectivity index (χ0v) is 6.12. The molecule has 0 saturated heterocycles. The van der Waals surface area contributed by atoms with Gasteiger partial charge in [0, 0.05) is 18.4 Å². The van der Waals surface area contributed by atoms with Gasteiger partial charge in [-0.2, -0.15) is 0 Å². The number of aromatic nitrogens is 1. The summed E-state index contributed by atoms with van der Waals surface area (Å²) < 4.78 is 2.28. The predicted molar refractivity (Wildman–Crippen MR) is 42.6 cm³/mol. The Balaban J connectivity index is 2.43. The molecular weight excluding hydrogens is 122 g/mol. The highest BCUT2D eigenvalue weighted by atomic mass is 15.0. The van der Waals surface area contributed by atoms with E-state index >= 15 is 0 Å². The second-order valence-electron chi connectivity index (χ2n) is 2.92. The second kappa shape index (κ2) is 2.01. The van der Waals surface area contributed by atoms with Crippen LogP contribution >= 0.6 is 0 Å². The van der Waals surface area contributed by atoms with E-state index < -0.39 is 0 Å². The van der Waals surface area contributed by atoms with E-state index in [1.165, 1.54) is 5.69 Å². The first kappa shape index (κ1) is 5.78. The zero-order valence-electron chi connectivity index (χ0n) is 6.12. The fourth-order valence-corrected chi connectivity index (χ4v) is 1.38. The van der Waals surface area contributed by atoms with E-state index in [9.17, 15) is 0 Å². The SMILES string of the molecule is C[C@@H]1C=Cc2cccn2C1. The third kappa shape index (κ3) is 0.783. The highest BCUT2D eigenvalue weighted by Crippen LogP contribution is 2.15. The monoisotopic (exact) mass is 133 g/mol. The lowest BCUT2D eigenvalue weighted by molar-refractivity contribution is 0.560. The summed E-state index contributed by atoms with van der Waals surface area (Å²) in [5.74, 6) is 0.694. The summed E-state index contributed by atoms with van der Waals surface area (Å²) in [7, 11) is 0. The zero-order chi connectivity index (χ0) is 6.97. The van der Waals surface area contributed by atoms with Crippen molar-refractivity contribution >= 4 is 6.08 Å². The van der Waals surface area contributed by atoms with Gasteiger partial charge in [0.05, 0.1) is 0 Å². The molecule has 0 fully saturated rings. The molecule has 52 valence electrons. The van der Waals surface area contributed by atoms with Crippen molar-refractivity contribution in [2.75, 3.05) is 0 Å². The lowest BCUT2D eigenvalue weighted by Gasteiger charge is -2.14. The first-order chi connectivity index (χ1) is 4.86. The van der Waals surface area contributed by atoms with E-state index in [1.54, 1.807) is 0 Å². The average Bonchev–Trinajstić information content (AvgIpc) is 2.33. The van der Waals surface area contributed by atoms with Crippen molar-refractivity contribution < 1.29 is 0 Å². The van der Waals surface area contributed by atoms with Gasteiger partial charge in [0.25, 0.3) is 0 Å². The molecule has 1 aromatic heterocycles. The number of fused-ring (bicyclic) bond motifs is 1. The summed E-state index contributed by atoms with van der Waals surface area (Å²) in [4.78, 5) is 0. The standard InChI is InChI=1S/C9H11N/c1-8-4-5-9-3-2-6-10(9)7-8/h2-6,8H,7H2,1H3/t8-/m1/s1. The summed E-state index contributed by atoms with van der Waals surface area (Å²) >= 11 is 0. The molecule has 1 aliphatic heterocycles. The van der Waals surface area contributed by atoms with Crippen molar-refractivity contribution in [1.29, 1.82) is 0 Å². The summed E-state index contributed by atoms with van der Waals surface area (Å²) in [6, 6.07) is 4.24. The first-order valence-corrected chi connectivity index (χ1v) is 3.69. The van der Waals surface area contributed by atoms with Crippen molar-refractivity contribution in [2.45, 2.75) is 13.5 Å². The van der Waals surface area contributed by atoms with Gasteiger partial charge in [-0.15, -0.1) is 0 Å². The largest absolute Gasteiger partial charge is 0.347 e. The smallest absolute Gasteiger partial charge is 0.0403 e. The third-order valence-corrected chi connectivity index (χ3v) is 1.94. The fourth-order valence-electron chi connectivity index (χ4n) is 1.38. The van der Waals surface area contributed by atoms with Gasteiger partial charge in [0.1, 0.15) is 0 Å². The molecule has 0 aliphatic carbocycles. The minimum atomic E-state index is 0.694. The van der Waals surface area contributed by atoms with Gasteiger partial charge in [-0.1, -0.05) is 13.0 Å². The van der Waals surface area contributed by atoms with Gasteiger partial charge in [-0.3, -0.25) is 0 Å². The van der Waals surface area contributed by atoms with Crippen molar-refractivity contribution in [3.8, 4) is 0 Å². The summed E-state index contributed by atoms with van der Waals surface area (Å²) in [6.45, 7) is 3.37. The molecule has 2 heterocycles. The van der Waals surface area contributed by atoms with E-state index in [4.69, 9.17) is 0 Å². The van der Waals surface area contributed by atoms with Crippen LogP contribution in [0.2, 0.25) is 0 Å². The van der Waals surface area contributed by atoms with Gasteiger partial charge in [0.15, 0.2) is 0 Å². The molecule has 0 N–H and O–H groups in total. The highest BCUT2D eigenvalue weighted by molar-refractivity contribution is 5.47. The van der Waals surface area contributed by atoms with Crippen LogP contribution in [0.5, 0.6) is 0 Å². The molecule has 0 bridgehead atoms. The Labute approximate surface area is 61.0 Å². The van der Waals surface area contributed by atoms with Gasteiger partial charge in [-0.25, -0.2) is 0 Å². The maximum absolute atomic E-state index is 2.28. The molecule has 1 aromatic rings. The maximum atomic E-state index is 2.28. The van der Waals surface area contributed by atoms with E-state index in [2.05, 4.69) is 42.0 Å². The van der Waals surface area contributed by atoms with E-state index in [-0.39, 0.29) is 0 Å². The number of hydrogen-bond acceptors (Lipinski definition) is 0. The Morgan fingerprint density at radius 1 is 1.60 bits per heavy atom. The van der Waals surface area contributed by atoms with Crippen molar-refractivity contribution in [3.05, 3.63) is 30.1 Å². The summed E-state index contributed by atoms with van der Waals surface area (Å²) in [5, 5.41) is 0. The highest BCUT2D eigenvalue weighted by Gasteiger charge is 2.06. The number of hydrogen-bond donors (Lipinski definition) is 0. The first-order valence-electron chi connectivity index (χ1n) is 3.69. The lowest BCUT2D eigenvalue weighted by atomic mass is 10.1. The van der Waals surface area contributed by atoms with Crippen LogP contribution in [-0.2, 0) is 6.54 Å². The molecule has 2 rings (SSSR count). The molecule has 0 saturated carbocycles. The number of allylic oxidation sites excluding steroid dienone is 1. The average molecular weight is 133 g/mol. The Morgan fingerprint density at radius 2 is 2.50 bits per heavy atom. The molecule has 10 heavy (non-hydrogen) atoms. The number of rotatable bonds is 0. The van der Waals surface area contributed by atoms with Crippen LogP contribution in [0.25, 0.3) is 6.08 Å². The summed E-state index contributed by atoms with van der Waals surface area (Å²) in [5.41, 5.74) is 1.33. The van der Waals surface area contributed by atoms with Crippen molar-refractivity contribution in [1.82, 2.24) is 4.57 Å². The lowest BCUT2D eigenvalue weighted by Crippen LogP contribution is -2.09. The molecular formula is C9H11N. The Hall–Kier alpha value is -0.980. The molecule has 0 radical (unpaired) electrons. The molecule has 1 aliphatic rings. The van der Waals surface area contributed by atoms with E-state index in [0.717, 1.165) is 6.54 Å². The molecule has 0 unspecified atom stereocenters. The maximum Gasteiger partial charge on any atom is 0.0403 e. The van der Waals surface area contributed by atoms with Crippen molar-refractivity contribution in [3.63, 3.8) is 0 Å². The minimum absolute atomic E-state index is 0.694. The summed E-state index contributed by atoms with van der Waals surface area (Å²) in [6.07, 6.45) is 6.58. The molecule has 0 aromatic carbocycles. The fraction of sp³-hybridized carbons (Fsp3) is 0.333. The Bertz CT molecular complexity index is 257. The Morgan fingerprint density at radius 3 is 3.40 bits per heavy atom. The predicted octanol–water partition coefficient (Wildman–Crippen LogP) is 2.15. The van der Waals surface area contributed by atoms with Crippen LogP contribution in [0.4, 0.5) is 0 Å². The van der Waals surface area contributed by atoms with Crippen molar-refractivity contribution in [2.24, 2.45) is 5.92 Å². The molecule has 1 atom stereocenters. The molecule has 0 spiro atoms. The van der Waals surface area contributed by atoms with Crippen LogP contribution in [0, 0.1) is 5.92 Å². The topological polar surface area (TPSA) is 4.93 Å². The quantitative estimate of drug-likeness (QED) is 0.511. The van der Waals surface area contributed by atoms with Gasteiger partial charge in [0.2, 0.25) is 0 Å². The van der Waals surface area contributed by atoms with Gasteiger partial charge in [-0.05, 0) is 24.1 Å². The van der Waals surface area contributed by atoms with Crippen LogP contribution in [0.15, 0.2) is 24.4 Å². The van der Waals surface area contributed by atoms with Gasteiger partial charge >= 0.3 is 0 Å². The van der Waals surface area contributed by atoms with Crippen LogP contribution in [0.3, 0.4) is 0 Å². The number of nitrogens with zero attached hydrogens (tertiary/aromatic N) is 1.